The number of hydrogen-bond acceptors (Lipinski definition) is 5. The smallest absolute Gasteiger partial charge is 0.294 e. The van der Waals surface area contributed by atoms with Crippen molar-refractivity contribution in [1.29, 1.82) is 0 Å². The van der Waals surface area contributed by atoms with E-state index >= 15 is 0 Å². The molecule has 0 unspecified atom stereocenters. The molecule has 0 bridgehead atoms. The molecular weight excluding hydrogens is 256 g/mol. The third-order valence-electron chi connectivity index (χ3n) is 2.53. The zero-order valence-corrected chi connectivity index (χ0v) is 9.98. The van der Waals surface area contributed by atoms with Gasteiger partial charge in [0.05, 0.1) is 21.7 Å². The topological polar surface area (TPSA) is 113 Å². The van der Waals surface area contributed by atoms with Crippen LogP contribution in [0.4, 0.5) is 11.4 Å². The van der Waals surface area contributed by atoms with Crippen LogP contribution >= 0.6 is 0 Å². The van der Waals surface area contributed by atoms with Crippen LogP contribution in [0.3, 0.4) is 0 Å². The van der Waals surface area contributed by atoms with Crippen molar-refractivity contribution in [3.63, 3.8) is 0 Å². The van der Waals surface area contributed by atoms with Gasteiger partial charge in [-0.15, -0.1) is 0 Å². The van der Waals surface area contributed by atoms with Gasteiger partial charge in [0.15, 0.2) is 0 Å². The maximum atomic E-state index is 11.0. The van der Waals surface area contributed by atoms with Crippen molar-refractivity contribution in [1.82, 2.24) is 0 Å². The summed E-state index contributed by atoms with van der Waals surface area (Å²) in [5, 5.41) is 10.5. The standard InChI is InChI=1S/C11H10N2O4S/c1-13-11-8(12)3-2-6-4-7(18(15,16)17)5-9(14)10(6)11/h2-5,14H,1,12H2,(H,15,16,17). The molecule has 18 heavy (non-hydrogen) atoms. The summed E-state index contributed by atoms with van der Waals surface area (Å²) in [6.45, 7) is 3.35. The van der Waals surface area contributed by atoms with E-state index in [0.717, 1.165) is 6.07 Å². The number of hydrogen-bond donors (Lipinski definition) is 3. The lowest BCUT2D eigenvalue weighted by Gasteiger charge is -2.08. The van der Waals surface area contributed by atoms with E-state index in [1.807, 2.05) is 0 Å². The lowest BCUT2D eigenvalue weighted by atomic mass is 10.1. The monoisotopic (exact) mass is 266 g/mol. The largest absolute Gasteiger partial charge is 0.507 e. The molecule has 0 aromatic heterocycles. The number of rotatable bonds is 2. The van der Waals surface area contributed by atoms with Crippen LogP contribution in [0, 0.1) is 0 Å². The van der Waals surface area contributed by atoms with Gasteiger partial charge in [0, 0.05) is 6.07 Å². The second-order valence-corrected chi connectivity index (χ2v) is 5.10. The zero-order valence-electron chi connectivity index (χ0n) is 9.16. The molecule has 2 rings (SSSR count). The average Bonchev–Trinajstić information content (AvgIpc) is 2.28. The van der Waals surface area contributed by atoms with Crippen LogP contribution in [0.15, 0.2) is 34.2 Å². The Bertz CT molecular complexity index is 753. The fraction of sp³-hybridized carbons (Fsp3) is 0. The quantitative estimate of drug-likeness (QED) is 0.435. The van der Waals surface area contributed by atoms with Crippen LogP contribution in [-0.4, -0.2) is 24.8 Å². The molecule has 2 aromatic carbocycles. The molecule has 0 aliphatic carbocycles. The zero-order chi connectivity index (χ0) is 13.5. The molecular formula is C11H10N2O4S. The van der Waals surface area contributed by atoms with E-state index < -0.39 is 15.0 Å². The van der Waals surface area contributed by atoms with Gasteiger partial charge in [0.1, 0.15) is 5.75 Å². The number of fused-ring (bicyclic) bond motifs is 1. The van der Waals surface area contributed by atoms with Crippen molar-refractivity contribution < 1.29 is 18.1 Å². The van der Waals surface area contributed by atoms with Gasteiger partial charge in [-0.25, -0.2) is 0 Å². The van der Waals surface area contributed by atoms with Crippen molar-refractivity contribution >= 4 is 39.0 Å². The first-order chi connectivity index (χ1) is 8.34. The lowest BCUT2D eigenvalue weighted by Crippen LogP contribution is -1.98. The van der Waals surface area contributed by atoms with Crippen molar-refractivity contribution in [3.8, 4) is 5.75 Å². The highest BCUT2D eigenvalue weighted by Gasteiger charge is 2.16. The summed E-state index contributed by atoms with van der Waals surface area (Å²) >= 11 is 0. The highest BCUT2D eigenvalue weighted by Crippen LogP contribution is 2.39. The molecule has 0 aliphatic rings. The molecule has 7 heteroatoms. The van der Waals surface area contributed by atoms with Crippen LogP contribution < -0.4 is 5.73 Å². The number of nitrogens with two attached hydrogens (primary N) is 1. The minimum Gasteiger partial charge on any atom is -0.507 e. The number of aliphatic imine (C=N–C) groups is 1. The van der Waals surface area contributed by atoms with E-state index in [-0.39, 0.29) is 16.8 Å². The molecule has 94 valence electrons. The summed E-state index contributed by atoms with van der Waals surface area (Å²) in [5.74, 6) is -0.338. The predicted octanol–water partition coefficient (Wildman–Crippen LogP) is 1.71. The Morgan fingerprint density at radius 3 is 2.50 bits per heavy atom. The minimum atomic E-state index is -4.38. The maximum absolute atomic E-state index is 11.0. The van der Waals surface area contributed by atoms with Crippen LogP contribution in [-0.2, 0) is 10.1 Å². The van der Waals surface area contributed by atoms with E-state index in [0.29, 0.717) is 11.1 Å². The molecule has 6 nitrogen and oxygen atoms in total. The first-order valence-corrected chi connectivity index (χ1v) is 6.28. The van der Waals surface area contributed by atoms with E-state index in [1.54, 1.807) is 0 Å². The molecule has 0 amide bonds. The molecule has 2 aromatic rings. The number of nitrogens with zero attached hydrogens (tertiary/aromatic N) is 1. The Kier molecular flexibility index (Phi) is 2.72. The normalized spacial score (nSPS) is 11.6. The number of nitrogen functional groups attached to an aromatic ring is 1. The van der Waals surface area contributed by atoms with Crippen LogP contribution in [0.25, 0.3) is 10.8 Å². The van der Waals surface area contributed by atoms with Gasteiger partial charge in [-0.2, -0.15) is 8.42 Å². The molecule has 0 fully saturated rings. The minimum absolute atomic E-state index is 0.270. The molecule has 0 radical (unpaired) electrons. The first kappa shape index (κ1) is 12.3. The van der Waals surface area contributed by atoms with Gasteiger partial charge in [0.2, 0.25) is 0 Å². The van der Waals surface area contributed by atoms with Gasteiger partial charge < -0.3 is 10.8 Å². The molecule has 0 atom stereocenters. The van der Waals surface area contributed by atoms with Crippen molar-refractivity contribution in [3.05, 3.63) is 24.3 Å². The third kappa shape index (κ3) is 1.89. The number of phenolic OH excluding ortho intramolecular Hbond substituents is 1. The second kappa shape index (κ2) is 3.97. The van der Waals surface area contributed by atoms with Gasteiger partial charge in [0.25, 0.3) is 10.1 Å². The van der Waals surface area contributed by atoms with Crippen LogP contribution in [0.1, 0.15) is 0 Å². The summed E-state index contributed by atoms with van der Waals surface area (Å²) in [5.41, 5.74) is 6.26. The highest BCUT2D eigenvalue weighted by atomic mass is 32.2. The fourth-order valence-corrected chi connectivity index (χ4v) is 2.27. The summed E-state index contributed by atoms with van der Waals surface area (Å²) < 4.78 is 31.0. The Morgan fingerprint density at radius 1 is 1.28 bits per heavy atom. The average molecular weight is 266 g/mol. The molecule has 0 spiro atoms. The molecule has 0 heterocycles. The summed E-state index contributed by atoms with van der Waals surface area (Å²) in [6, 6.07) is 5.19. The SMILES string of the molecule is C=Nc1c(N)ccc2cc(S(=O)(=O)O)cc(O)c12. The van der Waals surface area contributed by atoms with Crippen molar-refractivity contribution in [2.45, 2.75) is 4.90 Å². The van der Waals surface area contributed by atoms with E-state index in [9.17, 15) is 13.5 Å². The van der Waals surface area contributed by atoms with E-state index in [1.165, 1.54) is 18.2 Å². The second-order valence-electron chi connectivity index (χ2n) is 3.68. The van der Waals surface area contributed by atoms with Crippen molar-refractivity contribution in [2.24, 2.45) is 4.99 Å². The van der Waals surface area contributed by atoms with Crippen LogP contribution in [0.5, 0.6) is 5.75 Å². The van der Waals surface area contributed by atoms with Gasteiger partial charge >= 0.3 is 0 Å². The maximum Gasteiger partial charge on any atom is 0.294 e. The van der Waals surface area contributed by atoms with E-state index in [2.05, 4.69) is 11.7 Å². The predicted molar refractivity (Wildman–Crippen MR) is 69.0 cm³/mol. The van der Waals surface area contributed by atoms with Gasteiger partial charge in [-0.05, 0) is 24.2 Å². The van der Waals surface area contributed by atoms with E-state index in [4.69, 9.17) is 10.3 Å². The molecule has 4 N–H and O–H groups in total. The fourth-order valence-electron chi connectivity index (χ4n) is 1.73. The van der Waals surface area contributed by atoms with Gasteiger partial charge in [-0.1, -0.05) is 6.07 Å². The third-order valence-corrected chi connectivity index (χ3v) is 3.36. The summed E-state index contributed by atoms with van der Waals surface area (Å²) in [6.07, 6.45) is 0. The Morgan fingerprint density at radius 2 is 1.94 bits per heavy atom. The Hall–Kier alpha value is -2.12. The summed E-state index contributed by atoms with van der Waals surface area (Å²) in [4.78, 5) is 3.31. The van der Waals surface area contributed by atoms with Crippen LogP contribution in [0.2, 0.25) is 0 Å². The number of phenols is 1. The molecule has 0 saturated heterocycles. The Balaban J connectivity index is 2.94. The number of benzene rings is 2. The molecule has 0 aliphatic heterocycles. The van der Waals surface area contributed by atoms with Crippen molar-refractivity contribution in [2.75, 3.05) is 5.73 Å². The lowest BCUT2D eigenvalue weighted by molar-refractivity contribution is 0.471. The molecule has 0 saturated carbocycles. The number of aromatic hydroxyl groups is 1. The highest BCUT2D eigenvalue weighted by molar-refractivity contribution is 7.85. The Labute approximate surface area is 103 Å². The van der Waals surface area contributed by atoms with Gasteiger partial charge in [-0.3, -0.25) is 9.55 Å². The summed E-state index contributed by atoms with van der Waals surface area (Å²) in [7, 11) is -4.38. The first-order valence-electron chi connectivity index (χ1n) is 4.84. The number of anilines is 1.